The van der Waals surface area contributed by atoms with E-state index in [1.54, 1.807) is 37.3 Å². The zero-order chi connectivity index (χ0) is 22.3. The summed E-state index contributed by atoms with van der Waals surface area (Å²) in [5.74, 6) is 0. The lowest BCUT2D eigenvalue weighted by Gasteiger charge is -2.21. The third-order valence-corrected chi connectivity index (χ3v) is 4.43. The zero-order valence-corrected chi connectivity index (χ0v) is 15.3. The molecular weight excluding hydrogens is 414 g/mol. The zero-order valence-electron chi connectivity index (χ0n) is 15.3. The molecule has 158 valence electrons. The monoisotopic (exact) mass is 428 g/mol. The predicted octanol–water partition coefficient (Wildman–Crippen LogP) is 5.24. The minimum Gasteiger partial charge on any atom is -0.373 e. The van der Waals surface area contributed by atoms with Gasteiger partial charge in [0.25, 0.3) is 10.9 Å². The van der Waals surface area contributed by atoms with Crippen LogP contribution in [0.5, 0.6) is 0 Å². The van der Waals surface area contributed by atoms with E-state index in [1.165, 1.54) is 0 Å². The number of halogens is 6. The summed E-state index contributed by atoms with van der Waals surface area (Å²) < 4.78 is 78.0. The Morgan fingerprint density at radius 3 is 1.77 bits per heavy atom. The maximum Gasteiger partial charge on any atom is 0.416 e. The first-order chi connectivity index (χ1) is 13.9. The Labute approximate surface area is 165 Å². The van der Waals surface area contributed by atoms with E-state index < -0.39 is 51.8 Å². The summed E-state index contributed by atoms with van der Waals surface area (Å²) in [5.41, 5.74) is -5.48. The molecule has 3 aromatic rings. The first-order valence-electron chi connectivity index (χ1n) is 8.59. The maximum atomic E-state index is 13.0. The van der Waals surface area contributed by atoms with Crippen molar-refractivity contribution in [3.8, 4) is 0 Å². The lowest BCUT2D eigenvalue weighted by Crippen LogP contribution is -2.37. The van der Waals surface area contributed by atoms with Crippen molar-refractivity contribution in [3.63, 3.8) is 0 Å². The van der Waals surface area contributed by atoms with Gasteiger partial charge < -0.3 is 10.6 Å². The Kier molecular flexibility index (Phi) is 5.36. The van der Waals surface area contributed by atoms with Crippen molar-refractivity contribution in [2.45, 2.75) is 25.3 Å². The standard InChI is InChI=1S/C20H14F6N2O2/c1-10(11-5-3-2-4-6-11)27-15-16(18(30)17(15)29)28-14-8-12(19(21,22)23)7-13(9-14)20(24,25)26/h2-10,27-28H,1H3/t10-/m1/s1. The molecule has 0 aliphatic heterocycles. The van der Waals surface area contributed by atoms with Crippen LogP contribution >= 0.6 is 0 Å². The average molecular weight is 428 g/mol. The van der Waals surface area contributed by atoms with E-state index in [1.807, 2.05) is 0 Å². The number of nitrogens with one attached hydrogen (secondary N) is 2. The van der Waals surface area contributed by atoms with Gasteiger partial charge in [0.2, 0.25) is 0 Å². The molecule has 0 saturated heterocycles. The van der Waals surface area contributed by atoms with E-state index >= 15 is 0 Å². The molecule has 0 unspecified atom stereocenters. The molecule has 10 heteroatoms. The van der Waals surface area contributed by atoms with Gasteiger partial charge in [0.05, 0.1) is 11.1 Å². The molecule has 3 aromatic carbocycles. The van der Waals surface area contributed by atoms with Crippen molar-refractivity contribution >= 4 is 17.1 Å². The quantitative estimate of drug-likeness (QED) is 0.431. The van der Waals surface area contributed by atoms with E-state index in [0.717, 1.165) is 5.56 Å². The first kappa shape index (κ1) is 21.4. The van der Waals surface area contributed by atoms with Crippen LogP contribution in [-0.4, -0.2) is 0 Å². The van der Waals surface area contributed by atoms with Gasteiger partial charge in [-0.1, -0.05) is 30.3 Å². The number of hydrogen-bond donors (Lipinski definition) is 2. The SMILES string of the molecule is C[C@@H](Nc1c(Nc2cc(C(F)(F)F)cc(C(F)(F)F)c2)c(=O)c1=O)c1ccccc1. The second kappa shape index (κ2) is 7.51. The molecule has 0 saturated carbocycles. The van der Waals surface area contributed by atoms with Crippen LogP contribution < -0.4 is 21.5 Å². The van der Waals surface area contributed by atoms with Crippen LogP contribution in [0, 0.1) is 0 Å². The summed E-state index contributed by atoms with van der Waals surface area (Å²) in [6.07, 6.45) is -10.1. The highest BCUT2D eigenvalue weighted by molar-refractivity contribution is 5.79. The van der Waals surface area contributed by atoms with Crippen molar-refractivity contribution in [1.29, 1.82) is 0 Å². The molecule has 0 aliphatic carbocycles. The molecule has 0 bridgehead atoms. The van der Waals surface area contributed by atoms with Crippen LogP contribution in [0.3, 0.4) is 0 Å². The van der Waals surface area contributed by atoms with Gasteiger partial charge >= 0.3 is 12.4 Å². The van der Waals surface area contributed by atoms with Crippen LogP contribution in [0.4, 0.5) is 43.4 Å². The Hall–Kier alpha value is -3.30. The van der Waals surface area contributed by atoms with Crippen molar-refractivity contribution < 1.29 is 26.3 Å². The molecule has 4 nitrogen and oxygen atoms in total. The number of benzene rings is 2. The van der Waals surface area contributed by atoms with E-state index in [-0.39, 0.29) is 11.8 Å². The third kappa shape index (κ3) is 4.32. The fraction of sp³-hybridized carbons (Fsp3) is 0.200. The second-order valence-corrected chi connectivity index (χ2v) is 6.60. The summed E-state index contributed by atoms with van der Waals surface area (Å²) in [5, 5.41) is 5.01. The molecule has 0 heterocycles. The lowest BCUT2D eigenvalue weighted by molar-refractivity contribution is -0.143. The van der Waals surface area contributed by atoms with Gasteiger partial charge in [0.1, 0.15) is 11.4 Å². The molecule has 0 fully saturated rings. The molecular formula is C20H14F6N2O2. The van der Waals surface area contributed by atoms with E-state index in [4.69, 9.17) is 0 Å². The number of hydrogen-bond acceptors (Lipinski definition) is 4. The Bertz CT molecular complexity index is 1100. The average Bonchev–Trinajstić information content (AvgIpc) is 2.69. The topological polar surface area (TPSA) is 58.2 Å². The van der Waals surface area contributed by atoms with Gasteiger partial charge in [0, 0.05) is 11.7 Å². The largest absolute Gasteiger partial charge is 0.416 e. The highest BCUT2D eigenvalue weighted by Crippen LogP contribution is 2.38. The normalized spacial score (nSPS) is 13.3. The number of rotatable bonds is 5. The Morgan fingerprint density at radius 2 is 1.27 bits per heavy atom. The van der Waals surface area contributed by atoms with Crippen LogP contribution in [-0.2, 0) is 12.4 Å². The van der Waals surface area contributed by atoms with Gasteiger partial charge in [-0.2, -0.15) is 26.3 Å². The molecule has 0 radical (unpaired) electrons. The van der Waals surface area contributed by atoms with Crippen LogP contribution in [0.2, 0.25) is 0 Å². The van der Waals surface area contributed by atoms with Gasteiger partial charge in [-0.25, -0.2) is 0 Å². The second-order valence-electron chi connectivity index (χ2n) is 6.60. The summed E-state index contributed by atoms with van der Waals surface area (Å²) in [4.78, 5) is 23.8. The fourth-order valence-electron chi connectivity index (χ4n) is 2.86. The lowest BCUT2D eigenvalue weighted by atomic mass is 10.1. The summed E-state index contributed by atoms with van der Waals surface area (Å²) >= 11 is 0. The van der Waals surface area contributed by atoms with E-state index in [0.29, 0.717) is 12.1 Å². The predicted molar refractivity (Wildman–Crippen MR) is 99.6 cm³/mol. The molecule has 1 atom stereocenters. The van der Waals surface area contributed by atoms with Crippen LogP contribution in [0.15, 0.2) is 58.1 Å². The third-order valence-electron chi connectivity index (χ3n) is 4.43. The van der Waals surface area contributed by atoms with Gasteiger partial charge in [-0.3, -0.25) is 9.59 Å². The molecule has 30 heavy (non-hydrogen) atoms. The summed E-state index contributed by atoms with van der Waals surface area (Å²) in [6.45, 7) is 1.68. The van der Waals surface area contributed by atoms with E-state index in [9.17, 15) is 35.9 Å². The molecule has 0 amide bonds. The molecule has 0 aromatic heterocycles. The molecule has 3 rings (SSSR count). The van der Waals surface area contributed by atoms with Gasteiger partial charge in [-0.15, -0.1) is 0 Å². The molecule has 0 spiro atoms. The van der Waals surface area contributed by atoms with Crippen molar-refractivity contribution in [3.05, 3.63) is 85.7 Å². The highest BCUT2D eigenvalue weighted by atomic mass is 19.4. The first-order valence-corrected chi connectivity index (χ1v) is 8.59. The van der Waals surface area contributed by atoms with Gasteiger partial charge in [-0.05, 0) is 30.7 Å². The highest BCUT2D eigenvalue weighted by Gasteiger charge is 2.37. The number of anilines is 3. The fourth-order valence-corrected chi connectivity index (χ4v) is 2.86. The summed E-state index contributed by atoms with van der Waals surface area (Å²) in [7, 11) is 0. The molecule has 2 N–H and O–H groups in total. The van der Waals surface area contributed by atoms with E-state index in [2.05, 4.69) is 10.6 Å². The van der Waals surface area contributed by atoms with Crippen LogP contribution in [0.1, 0.15) is 29.7 Å². The smallest absolute Gasteiger partial charge is 0.373 e. The Balaban J connectivity index is 1.95. The maximum absolute atomic E-state index is 13.0. The van der Waals surface area contributed by atoms with Gasteiger partial charge in [0.15, 0.2) is 0 Å². The minimum absolute atomic E-state index is 0.0239. The van der Waals surface area contributed by atoms with Crippen molar-refractivity contribution in [2.24, 2.45) is 0 Å². The summed E-state index contributed by atoms with van der Waals surface area (Å²) in [6, 6.07) is 9.18. The minimum atomic E-state index is -5.03. The molecule has 0 aliphatic rings. The Morgan fingerprint density at radius 1 is 0.767 bits per heavy atom. The van der Waals surface area contributed by atoms with Crippen LogP contribution in [0.25, 0.3) is 0 Å². The number of alkyl halides is 6. The van der Waals surface area contributed by atoms with Crippen molar-refractivity contribution in [1.82, 2.24) is 0 Å². The van der Waals surface area contributed by atoms with Crippen molar-refractivity contribution in [2.75, 3.05) is 10.6 Å².